The molecule has 2 aromatic rings. The number of hydrogen-bond acceptors (Lipinski definition) is 4. The van der Waals surface area contributed by atoms with E-state index in [1.807, 2.05) is 24.3 Å². The first-order valence-electron chi connectivity index (χ1n) is 9.45. The highest BCUT2D eigenvalue weighted by Crippen LogP contribution is 2.27. The van der Waals surface area contributed by atoms with Crippen LogP contribution in [0.4, 0.5) is 11.4 Å². The highest BCUT2D eigenvalue weighted by molar-refractivity contribution is 6.31. The number of anilines is 2. The molecule has 0 aromatic heterocycles. The summed E-state index contributed by atoms with van der Waals surface area (Å²) in [6, 6.07) is 12.3. The Balaban J connectivity index is 1.93. The summed E-state index contributed by atoms with van der Waals surface area (Å²) in [4.78, 5) is 26.6. The summed E-state index contributed by atoms with van der Waals surface area (Å²) < 4.78 is 5.23. The molecule has 6 nitrogen and oxygen atoms in total. The molecular weight excluding hydrogens is 390 g/mol. The van der Waals surface area contributed by atoms with Crippen LogP contribution in [0.2, 0.25) is 5.02 Å². The molecule has 7 heteroatoms. The van der Waals surface area contributed by atoms with Crippen molar-refractivity contribution in [3.8, 4) is 5.75 Å². The summed E-state index contributed by atoms with van der Waals surface area (Å²) in [6.07, 6.45) is 0. The van der Waals surface area contributed by atoms with Gasteiger partial charge in [0.05, 0.1) is 25.4 Å². The third kappa shape index (κ3) is 6.48. The maximum absolute atomic E-state index is 12.5. The first-order valence-corrected chi connectivity index (χ1v) is 9.83. The van der Waals surface area contributed by atoms with E-state index in [-0.39, 0.29) is 18.4 Å². The Bertz CT molecular complexity index is 853. The number of likely N-dealkylation sites (N-methyl/N-ethyl adjacent to an activating group) is 1. The van der Waals surface area contributed by atoms with Crippen LogP contribution in [0.3, 0.4) is 0 Å². The second-order valence-corrected chi connectivity index (χ2v) is 7.69. The molecule has 0 saturated carbocycles. The number of methoxy groups -OCH3 is 1. The molecule has 156 valence electrons. The van der Waals surface area contributed by atoms with Gasteiger partial charge in [0, 0.05) is 10.7 Å². The van der Waals surface area contributed by atoms with Gasteiger partial charge in [0.2, 0.25) is 11.8 Å². The number of benzene rings is 2. The molecule has 0 aliphatic heterocycles. The lowest BCUT2D eigenvalue weighted by Crippen LogP contribution is -2.43. The predicted octanol–water partition coefficient (Wildman–Crippen LogP) is 4.37. The standard InChI is InChI=1S/C22H28ClN3O3/c1-14(2)16-6-9-18(10-7-16)24-22(28)15(3)26(4)13-21(27)25-19-12-17(23)8-11-20(19)29-5/h6-12,14-15H,13H2,1-5H3,(H,24,28)(H,25,27)/t15-/m1/s1. The smallest absolute Gasteiger partial charge is 0.241 e. The molecular formula is C22H28ClN3O3. The Labute approximate surface area is 177 Å². The fraction of sp³-hybridized carbons (Fsp3) is 0.364. The molecule has 0 unspecified atom stereocenters. The van der Waals surface area contributed by atoms with Crippen LogP contribution in [0.5, 0.6) is 5.75 Å². The van der Waals surface area contributed by atoms with Gasteiger partial charge in [-0.25, -0.2) is 0 Å². The summed E-state index contributed by atoms with van der Waals surface area (Å²) in [6.45, 7) is 6.03. The van der Waals surface area contributed by atoms with Gasteiger partial charge in [0.15, 0.2) is 0 Å². The van der Waals surface area contributed by atoms with Gasteiger partial charge in [-0.2, -0.15) is 0 Å². The van der Waals surface area contributed by atoms with Gasteiger partial charge >= 0.3 is 0 Å². The quantitative estimate of drug-likeness (QED) is 0.669. The van der Waals surface area contributed by atoms with Gasteiger partial charge in [-0.15, -0.1) is 0 Å². The molecule has 0 heterocycles. The summed E-state index contributed by atoms with van der Waals surface area (Å²) >= 11 is 5.99. The van der Waals surface area contributed by atoms with Crippen molar-refractivity contribution in [2.45, 2.75) is 32.7 Å². The fourth-order valence-electron chi connectivity index (χ4n) is 2.73. The second kappa shape index (κ2) is 10.3. The summed E-state index contributed by atoms with van der Waals surface area (Å²) in [5.74, 6) is 0.495. The number of rotatable bonds is 8. The normalized spacial score (nSPS) is 12.0. The lowest BCUT2D eigenvalue weighted by atomic mass is 10.0. The Kier molecular flexibility index (Phi) is 8.05. The number of hydrogen-bond donors (Lipinski definition) is 2. The maximum atomic E-state index is 12.5. The molecule has 29 heavy (non-hydrogen) atoms. The number of halogens is 1. The van der Waals surface area contributed by atoms with Crippen LogP contribution in [0.25, 0.3) is 0 Å². The molecule has 0 spiro atoms. The van der Waals surface area contributed by atoms with Crippen LogP contribution in [0.1, 0.15) is 32.3 Å². The Morgan fingerprint density at radius 3 is 2.31 bits per heavy atom. The molecule has 1 atom stereocenters. The molecule has 0 radical (unpaired) electrons. The summed E-state index contributed by atoms with van der Waals surface area (Å²) in [7, 11) is 3.24. The van der Waals surface area contributed by atoms with E-state index in [1.54, 1.807) is 37.1 Å². The van der Waals surface area contributed by atoms with Crippen LogP contribution >= 0.6 is 11.6 Å². The van der Waals surface area contributed by atoms with E-state index >= 15 is 0 Å². The minimum atomic E-state index is -0.494. The molecule has 2 aromatic carbocycles. The Morgan fingerprint density at radius 2 is 1.72 bits per heavy atom. The monoisotopic (exact) mass is 417 g/mol. The van der Waals surface area contributed by atoms with Crippen molar-refractivity contribution in [3.05, 3.63) is 53.1 Å². The topological polar surface area (TPSA) is 70.7 Å². The zero-order valence-electron chi connectivity index (χ0n) is 17.5. The number of carbonyl (C=O) groups excluding carboxylic acids is 2. The number of carbonyl (C=O) groups is 2. The largest absolute Gasteiger partial charge is 0.495 e. The van der Waals surface area contributed by atoms with Gasteiger partial charge in [0.1, 0.15) is 5.75 Å². The average molecular weight is 418 g/mol. The van der Waals surface area contributed by atoms with Crippen molar-refractivity contribution in [2.24, 2.45) is 0 Å². The van der Waals surface area contributed by atoms with Gasteiger partial charge in [-0.3, -0.25) is 14.5 Å². The minimum absolute atomic E-state index is 0.0382. The van der Waals surface area contributed by atoms with Crippen molar-refractivity contribution in [2.75, 3.05) is 31.3 Å². The predicted molar refractivity (Wildman–Crippen MR) is 118 cm³/mol. The SMILES string of the molecule is COc1ccc(Cl)cc1NC(=O)CN(C)[C@H](C)C(=O)Nc1ccc(C(C)C)cc1. The number of amides is 2. The first-order chi connectivity index (χ1) is 13.7. The van der Waals surface area contributed by atoms with Crippen molar-refractivity contribution in [3.63, 3.8) is 0 Å². The highest BCUT2D eigenvalue weighted by atomic mass is 35.5. The molecule has 0 saturated heterocycles. The van der Waals surface area contributed by atoms with Crippen molar-refractivity contribution in [1.29, 1.82) is 0 Å². The summed E-state index contributed by atoms with van der Waals surface area (Å²) in [5.41, 5.74) is 2.43. The van der Waals surface area contributed by atoms with Gasteiger partial charge in [0.25, 0.3) is 0 Å². The number of ether oxygens (including phenoxy) is 1. The minimum Gasteiger partial charge on any atom is -0.495 e. The van der Waals surface area contributed by atoms with Crippen LogP contribution in [-0.4, -0.2) is 43.5 Å². The molecule has 0 fully saturated rings. The van der Waals surface area contributed by atoms with E-state index in [2.05, 4.69) is 24.5 Å². The van der Waals surface area contributed by atoms with E-state index in [4.69, 9.17) is 16.3 Å². The van der Waals surface area contributed by atoms with Crippen molar-refractivity contribution < 1.29 is 14.3 Å². The van der Waals surface area contributed by atoms with Crippen molar-refractivity contribution in [1.82, 2.24) is 4.90 Å². The number of nitrogens with one attached hydrogen (secondary N) is 2. The number of nitrogens with zero attached hydrogens (tertiary/aromatic N) is 1. The fourth-order valence-corrected chi connectivity index (χ4v) is 2.90. The van der Waals surface area contributed by atoms with Crippen LogP contribution < -0.4 is 15.4 Å². The molecule has 2 N–H and O–H groups in total. The van der Waals surface area contributed by atoms with Crippen LogP contribution in [0.15, 0.2) is 42.5 Å². The molecule has 0 aliphatic rings. The lowest BCUT2D eigenvalue weighted by molar-refractivity contribution is -0.122. The molecule has 2 rings (SSSR count). The zero-order chi connectivity index (χ0) is 21.6. The van der Waals surface area contributed by atoms with Gasteiger partial charge in [-0.1, -0.05) is 37.6 Å². The van der Waals surface area contributed by atoms with Gasteiger partial charge < -0.3 is 15.4 Å². The Morgan fingerprint density at radius 1 is 1.07 bits per heavy atom. The maximum Gasteiger partial charge on any atom is 0.241 e. The van der Waals surface area contributed by atoms with E-state index < -0.39 is 6.04 Å². The molecule has 2 amide bonds. The van der Waals surface area contributed by atoms with Gasteiger partial charge in [-0.05, 0) is 55.8 Å². The van der Waals surface area contributed by atoms with E-state index in [9.17, 15) is 9.59 Å². The average Bonchev–Trinajstić information content (AvgIpc) is 2.67. The van der Waals surface area contributed by atoms with Crippen LogP contribution in [0, 0.1) is 0 Å². The zero-order valence-corrected chi connectivity index (χ0v) is 18.2. The van der Waals surface area contributed by atoms with E-state index in [1.165, 1.54) is 12.7 Å². The first kappa shape index (κ1) is 22.7. The molecule has 0 bridgehead atoms. The third-order valence-electron chi connectivity index (χ3n) is 4.71. The second-order valence-electron chi connectivity index (χ2n) is 7.25. The van der Waals surface area contributed by atoms with Crippen molar-refractivity contribution >= 4 is 34.8 Å². The molecule has 0 aliphatic carbocycles. The third-order valence-corrected chi connectivity index (χ3v) is 4.95. The van der Waals surface area contributed by atoms with E-state index in [0.29, 0.717) is 22.4 Å². The lowest BCUT2D eigenvalue weighted by Gasteiger charge is -2.23. The Hall–Kier alpha value is -2.57. The van der Waals surface area contributed by atoms with E-state index in [0.717, 1.165) is 5.69 Å². The summed E-state index contributed by atoms with van der Waals surface area (Å²) in [5, 5.41) is 6.15. The highest BCUT2D eigenvalue weighted by Gasteiger charge is 2.21. The van der Waals surface area contributed by atoms with Crippen LogP contribution in [-0.2, 0) is 9.59 Å².